The van der Waals surface area contributed by atoms with Crippen molar-refractivity contribution in [1.82, 2.24) is 0 Å². The quantitative estimate of drug-likeness (QED) is 0.545. The Balaban J connectivity index is 1.78. The molecule has 3 rings (SSSR count). The van der Waals surface area contributed by atoms with Crippen molar-refractivity contribution in [3.63, 3.8) is 0 Å². The van der Waals surface area contributed by atoms with E-state index in [2.05, 4.69) is 17.0 Å². The number of ketones is 1. The molecule has 0 bridgehead atoms. The Morgan fingerprint density at radius 2 is 1.62 bits per heavy atom. The van der Waals surface area contributed by atoms with Crippen molar-refractivity contribution in [2.75, 3.05) is 29.7 Å². The average molecular weight is 360 g/mol. The third-order valence-corrected chi connectivity index (χ3v) is 4.58. The first-order chi connectivity index (χ1) is 11.7. The lowest BCUT2D eigenvalue weighted by Gasteiger charge is -2.22. The number of alkyl halides is 2. The largest absolute Gasteiger partial charge is 0.369 e. The first-order valence-corrected chi connectivity index (χ1v) is 9.10. The highest BCUT2D eigenvalue weighted by Crippen LogP contribution is 2.28. The summed E-state index contributed by atoms with van der Waals surface area (Å²) in [5.74, 6) is 1.27. The van der Waals surface area contributed by atoms with Crippen molar-refractivity contribution >= 4 is 40.7 Å². The summed E-state index contributed by atoms with van der Waals surface area (Å²) < 4.78 is 0. The number of carbonyl (C=O) groups is 1. The van der Waals surface area contributed by atoms with E-state index in [1.165, 1.54) is 0 Å². The first-order valence-electron chi connectivity index (χ1n) is 8.03. The molecule has 4 heteroatoms. The van der Waals surface area contributed by atoms with Crippen molar-refractivity contribution in [3.05, 3.63) is 70.8 Å². The summed E-state index contributed by atoms with van der Waals surface area (Å²) in [5, 5.41) is 0. The predicted octanol–water partition coefficient (Wildman–Crippen LogP) is 4.79. The van der Waals surface area contributed by atoms with E-state index in [0.717, 1.165) is 41.0 Å². The lowest BCUT2D eigenvalue weighted by Crippen LogP contribution is -2.27. The number of rotatable bonds is 6. The summed E-state index contributed by atoms with van der Waals surface area (Å²) in [6, 6.07) is 16.0. The maximum atomic E-state index is 12.4. The van der Waals surface area contributed by atoms with E-state index in [1.54, 1.807) is 0 Å². The van der Waals surface area contributed by atoms with Crippen LogP contribution in [0.5, 0.6) is 0 Å². The second kappa shape index (κ2) is 7.87. The number of fused-ring (bicyclic) bond motifs is 1. The van der Waals surface area contributed by atoms with Crippen molar-refractivity contribution in [1.29, 1.82) is 0 Å². The van der Waals surface area contributed by atoms with E-state index < -0.39 is 0 Å². The van der Waals surface area contributed by atoms with Crippen LogP contribution in [-0.2, 0) is 6.42 Å². The zero-order valence-corrected chi connectivity index (χ0v) is 14.9. The van der Waals surface area contributed by atoms with E-state index in [0.29, 0.717) is 18.2 Å². The van der Waals surface area contributed by atoms with Crippen LogP contribution in [0.4, 0.5) is 5.69 Å². The van der Waals surface area contributed by atoms with Crippen LogP contribution in [0.3, 0.4) is 0 Å². The Labute approximate surface area is 152 Å². The van der Waals surface area contributed by atoms with E-state index in [-0.39, 0.29) is 5.78 Å². The zero-order valence-electron chi connectivity index (χ0n) is 13.3. The molecule has 0 saturated heterocycles. The highest BCUT2D eigenvalue weighted by molar-refractivity contribution is 6.18. The highest BCUT2D eigenvalue weighted by Gasteiger charge is 2.23. The van der Waals surface area contributed by atoms with Crippen LogP contribution in [0.25, 0.3) is 6.08 Å². The molecule has 0 saturated carbocycles. The number of carbonyl (C=O) groups excluding carboxylic acids is 1. The SMILES string of the molecule is O=C1/C(=C/c2ccc(N(CCCl)CCCl)cc2)Cc2ccccc21. The van der Waals surface area contributed by atoms with Crippen LogP contribution in [0.15, 0.2) is 54.1 Å². The second-order valence-corrected chi connectivity index (χ2v) is 6.55. The van der Waals surface area contributed by atoms with Crippen molar-refractivity contribution < 1.29 is 4.79 Å². The van der Waals surface area contributed by atoms with Crippen LogP contribution in [0.2, 0.25) is 0 Å². The van der Waals surface area contributed by atoms with Gasteiger partial charge in [-0.25, -0.2) is 0 Å². The molecule has 0 atom stereocenters. The van der Waals surface area contributed by atoms with Gasteiger partial charge in [-0.3, -0.25) is 4.79 Å². The average Bonchev–Trinajstić information content (AvgIpc) is 2.92. The molecule has 1 aliphatic carbocycles. The Hall–Kier alpha value is -1.77. The predicted molar refractivity (Wildman–Crippen MR) is 103 cm³/mol. The highest BCUT2D eigenvalue weighted by atomic mass is 35.5. The van der Waals surface area contributed by atoms with Gasteiger partial charge in [0.05, 0.1) is 0 Å². The molecular formula is C20H19Cl2NO. The van der Waals surface area contributed by atoms with Gasteiger partial charge in [-0.05, 0) is 29.3 Å². The summed E-state index contributed by atoms with van der Waals surface area (Å²) in [5.41, 5.74) is 4.92. The molecule has 0 radical (unpaired) electrons. The number of allylic oxidation sites excluding steroid dienone is 1. The van der Waals surface area contributed by atoms with Crippen molar-refractivity contribution in [2.24, 2.45) is 0 Å². The van der Waals surface area contributed by atoms with Gasteiger partial charge < -0.3 is 4.90 Å². The monoisotopic (exact) mass is 359 g/mol. The summed E-state index contributed by atoms with van der Waals surface area (Å²) >= 11 is 11.7. The number of nitrogens with zero attached hydrogens (tertiary/aromatic N) is 1. The Kier molecular flexibility index (Phi) is 5.60. The molecule has 0 amide bonds. The minimum atomic E-state index is 0.139. The molecule has 0 unspecified atom stereocenters. The minimum absolute atomic E-state index is 0.139. The maximum Gasteiger partial charge on any atom is 0.189 e. The van der Waals surface area contributed by atoms with Gasteiger partial charge >= 0.3 is 0 Å². The molecule has 0 heterocycles. The molecule has 1 aliphatic rings. The van der Waals surface area contributed by atoms with Gasteiger partial charge in [0, 0.05) is 48.1 Å². The van der Waals surface area contributed by atoms with E-state index in [4.69, 9.17) is 23.2 Å². The summed E-state index contributed by atoms with van der Waals surface area (Å²) in [6.07, 6.45) is 2.70. The van der Waals surface area contributed by atoms with Crippen LogP contribution < -0.4 is 4.90 Å². The fourth-order valence-electron chi connectivity index (χ4n) is 3.03. The van der Waals surface area contributed by atoms with Gasteiger partial charge in [-0.15, -0.1) is 23.2 Å². The third-order valence-electron chi connectivity index (χ3n) is 4.24. The molecule has 2 aromatic rings. The summed E-state index contributed by atoms with van der Waals surface area (Å²) in [6.45, 7) is 1.53. The minimum Gasteiger partial charge on any atom is -0.369 e. The van der Waals surface area contributed by atoms with Gasteiger partial charge in [0.1, 0.15) is 0 Å². The number of hydrogen-bond acceptors (Lipinski definition) is 2. The smallest absolute Gasteiger partial charge is 0.189 e. The van der Waals surface area contributed by atoms with Crippen LogP contribution in [0.1, 0.15) is 21.5 Å². The Morgan fingerprint density at radius 1 is 0.958 bits per heavy atom. The number of anilines is 1. The lowest BCUT2D eigenvalue weighted by atomic mass is 10.1. The van der Waals surface area contributed by atoms with Crippen molar-refractivity contribution in [3.8, 4) is 0 Å². The van der Waals surface area contributed by atoms with Crippen LogP contribution in [0, 0.1) is 0 Å². The van der Waals surface area contributed by atoms with Gasteiger partial charge in [0.25, 0.3) is 0 Å². The molecule has 24 heavy (non-hydrogen) atoms. The number of halogens is 2. The topological polar surface area (TPSA) is 20.3 Å². The van der Waals surface area contributed by atoms with Gasteiger partial charge in [-0.2, -0.15) is 0 Å². The van der Waals surface area contributed by atoms with E-state index in [9.17, 15) is 4.79 Å². The molecule has 0 spiro atoms. The van der Waals surface area contributed by atoms with Gasteiger partial charge in [0.15, 0.2) is 5.78 Å². The molecule has 2 aromatic carbocycles. The Bertz CT molecular complexity index is 746. The maximum absolute atomic E-state index is 12.4. The van der Waals surface area contributed by atoms with E-state index in [1.807, 2.05) is 42.5 Å². The zero-order chi connectivity index (χ0) is 16.9. The normalized spacial score (nSPS) is 14.9. The number of benzene rings is 2. The standard InChI is InChI=1S/C20H19Cl2NO/c21-9-11-23(12-10-22)18-7-5-15(6-8-18)13-17-14-16-3-1-2-4-19(16)20(17)24/h1-8,13H,9-12,14H2/b17-13+. The fraction of sp³-hybridized carbons (Fsp3) is 0.250. The molecular weight excluding hydrogens is 341 g/mol. The number of Topliss-reactive ketones (excluding diaryl/α,β-unsaturated/α-hetero) is 1. The van der Waals surface area contributed by atoms with E-state index >= 15 is 0 Å². The molecule has 0 fully saturated rings. The molecule has 0 N–H and O–H groups in total. The third kappa shape index (κ3) is 3.66. The molecule has 124 valence electrons. The summed E-state index contributed by atoms with van der Waals surface area (Å²) in [4.78, 5) is 14.6. The number of hydrogen-bond donors (Lipinski definition) is 0. The van der Waals surface area contributed by atoms with Gasteiger partial charge in [-0.1, -0.05) is 36.4 Å². The van der Waals surface area contributed by atoms with Gasteiger partial charge in [0.2, 0.25) is 0 Å². The first kappa shape index (κ1) is 17.1. The molecule has 2 nitrogen and oxygen atoms in total. The Morgan fingerprint density at radius 3 is 2.25 bits per heavy atom. The lowest BCUT2D eigenvalue weighted by molar-refractivity contribution is 0.104. The van der Waals surface area contributed by atoms with Crippen molar-refractivity contribution in [2.45, 2.75) is 6.42 Å². The van der Waals surface area contributed by atoms with Crippen LogP contribution in [-0.4, -0.2) is 30.6 Å². The molecule has 0 aliphatic heterocycles. The molecule has 0 aromatic heterocycles. The second-order valence-electron chi connectivity index (χ2n) is 5.79. The van der Waals surface area contributed by atoms with Crippen LogP contribution >= 0.6 is 23.2 Å². The summed E-state index contributed by atoms with van der Waals surface area (Å²) in [7, 11) is 0. The fourth-order valence-corrected chi connectivity index (χ4v) is 3.44.